The van der Waals surface area contributed by atoms with Gasteiger partial charge in [-0.25, -0.2) is 0 Å². The van der Waals surface area contributed by atoms with Crippen LogP contribution in [0.2, 0.25) is 0 Å². The molecule has 2 heterocycles. The Bertz CT molecular complexity index is 1070. The number of fused-ring (bicyclic) bond motifs is 2. The molecule has 0 saturated carbocycles. The molecule has 1 aliphatic rings. The SMILES string of the molecule is C=CCn1c(=NC(=O)CCOc2ccccc2)sc2cc3c(cc21)OCCO3. The van der Waals surface area contributed by atoms with Gasteiger partial charge < -0.3 is 18.8 Å². The molecule has 1 aliphatic heterocycles. The molecular weight excluding hydrogens is 376 g/mol. The number of allylic oxidation sites excluding steroid dienone is 1. The van der Waals surface area contributed by atoms with Crippen molar-refractivity contribution in [2.24, 2.45) is 4.99 Å². The average Bonchev–Trinajstić information content (AvgIpc) is 3.03. The lowest BCUT2D eigenvalue weighted by Gasteiger charge is -2.18. The van der Waals surface area contributed by atoms with Crippen molar-refractivity contribution in [1.29, 1.82) is 0 Å². The van der Waals surface area contributed by atoms with E-state index < -0.39 is 0 Å². The molecule has 144 valence electrons. The van der Waals surface area contributed by atoms with Crippen LogP contribution in [0.5, 0.6) is 17.2 Å². The monoisotopic (exact) mass is 396 g/mol. The van der Waals surface area contributed by atoms with Crippen LogP contribution >= 0.6 is 11.3 Å². The Morgan fingerprint density at radius 1 is 1.21 bits per heavy atom. The zero-order valence-electron chi connectivity index (χ0n) is 15.3. The van der Waals surface area contributed by atoms with Crippen LogP contribution in [0.15, 0.2) is 60.1 Å². The molecule has 0 bridgehead atoms. The van der Waals surface area contributed by atoms with Crippen LogP contribution in [-0.2, 0) is 11.3 Å². The molecule has 0 saturated heterocycles. The molecule has 28 heavy (non-hydrogen) atoms. The van der Waals surface area contributed by atoms with E-state index in [0.29, 0.717) is 30.3 Å². The maximum absolute atomic E-state index is 12.4. The van der Waals surface area contributed by atoms with Crippen LogP contribution in [0.25, 0.3) is 10.2 Å². The molecule has 0 spiro atoms. The van der Waals surface area contributed by atoms with Gasteiger partial charge >= 0.3 is 0 Å². The number of hydrogen-bond donors (Lipinski definition) is 0. The van der Waals surface area contributed by atoms with Crippen molar-refractivity contribution in [1.82, 2.24) is 4.57 Å². The molecule has 0 aliphatic carbocycles. The summed E-state index contributed by atoms with van der Waals surface area (Å²) in [6, 6.07) is 13.3. The third kappa shape index (κ3) is 3.94. The fraction of sp³-hybridized carbons (Fsp3) is 0.238. The van der Waals surface area contributed by atoms with Gasteiger partial charge in [0.25, 0.3) is 5.91 Å². The summed E-state index contributed by atoms with van der Waals surface area (Å²) in [5.74, 6) is 1.95. The highest BCUT2D eigenvalue weighted by atomic mass is 32.1. The second kappa shape index (κ2) is 8.31. The van der Waals surface area contributed by atoms with Crippen molar-refractivity contribution >= 4 is 27.5 Å². The fourth-order valence-corrected chi connectivity index (χ4v) is 4.00. The van der Waals surface area contributed by atoms with Gasteiger partial charge in [0, 0.05) is 18.7 Å². The number of thiazole rings is 1. The molecule has 2 aromatic carbocycles. The van der Waals surface area contributed by atoms with Crippen molar-refractivity contribution in [3.63, 3.8) is 0 Å². The molecule has 7 heteroatoms. The first-order valence-electron chi connectivity index (χ1n) is 9.04. The summed E-state index contributed by atoms with van der Waals surface area (Å²) in [7, 11) is 0. The van der Waals surface area contributed by atoms with Crippen LogP contribution < -0.4 is 19.0 Å². The first-order valence-corrected chi connectivity index (χ1v) is 9.85. The second-order valence-corrected chi connectivity index (χ2v) is 7.17. The van der Waals surface area contributed by atoms with E-state index in [1.54, 1.807) is 6.08 Å². The van der Waals surface area contributed by atoms with Crippen molar-refractivity contribution in [2.75, 3.05) is 19.8 Å². The highest BCUT2D eigenvalue weighted by Gasteiger charge is 2.16. The first-order chi connectivity index (χ1) is 13.7. The van der Waals surface area contributed by atoms with Gasteiger partial charge in [0.2, 0.25) is 0 Å². The molecule has 0 unspecified atom stereocenters. The van der Waals surface area contributed by atoms with E-state index in [2.05, 4.69) is 11.6 Å². The number of aromatic nitrogens is 1. The lowest BCUT2D eigenvalue weighted by atomic mass is 10.2. The molecule has 6 nitrogen and oxygen atoms in total. The number of benzene rings is 2. The molecule has 0 fully saturated rings. The number of carbonyl (C=O) groups excluding carboxylic acids is 1. The highest BCUT2D eigenvalue weighted by Crippen LogP contribution is 2.35. The minimum absolute atomic E-state index is 0.208. The van der Waals surface area contributed by atoms with Gasteiger partial charge in [0.15, 0.2) is 16.3 Å². The molecule has 1 aromatic heterocycles. The normalized spacial score (nSPS) is 13.5. The number of hydrogen-bond acceptors (Lipinski definition) is 5. The van der Waals surface area contributed by atoms with Gasteiger partial charge in [-0.3, -0.25) is 4.79 Å². The summed E-state index contributed by atoms with van der Waals surface area (Å²) in [6.45, 7) is 5.71. The molecule has 0 atom stereocenters. The van der Waals surface area contributed by atoms with Crippen molar-refractivity contribution in [3.8, 4) is 17.2 Å². The van der Waals surface area contributed by atoms with Crippen LogP contribution in [0.4, 0.5) is 0 Å². The van der Waals surface area contributed by atoms with Crippen LogP contribution in [0.3, 0.4) is 0 Å². The lowest BCUT2D eigenvalue weighted by Crippen LogP contribution is -2.17. The van der Waals surface area contributed by atoms with Gasteiger partial charge in [0.1, 0.15) is 19.0 Å². The summed E-state index contributed by atoms with van der Waals surface area (Å²) in [5.41, 5.74) is 0.946. The highest BCUT2D eigenvalue weighted by molar-refractivity contribution is 7.16. The van der Waals surface area contributed by atoms with Gasteiger partial charge in [-0.05, 0) is 12.1 Å². The average molecular weight is 396 g/mol. The first kappa shape index (κ1) is 18.3. The lowest BCUT2D eigenvalue weighted by molar-refractivity contribution is -0.118. The Labute approximate surface area is 166 Å². The van der Waals surface area contributed by atoms with Crippen LogP contribution in [0, 0.1) is 0 Å². The van der Waals surface area contributed by atoms with Crippen LogP contribution in [-0.4, -0.2) is 30.3 Å². The minimum Gasteiger partial charge on any atom is -0.493 e. The van der Waals surface area contributed by atoms with E-state index in [-0.39, 0.29) is 18.9 Å². The van der Waals surface area contributed by atoms with E-state index in [1.165, 1.54) is 11.3 Å². The van der Waals surface area contributed by atoms with E-state index in [4.69, 9.17) is 14.2 Å². The Balaban J connectivity index is 1.58. The molecule has 4 rings (SSSR count). The van der Waals surface area contributed by atoms with E-state index in [1.807, 2.05) is 47.0 Å². The maximum atomic E-state index is 12.4. The van der Waals surface area contributed by atoms with E-state index in [9.17, 15) is 4.79 Å². The van der Waals surface area contributed by atoms with Gasteiger partial charge in [0.05, 0.1) is 23.2 Å². The van der Waals surface area contributed by atoms with Crippen molar-refractivity contribution in [3.05, 3.63) is 59.9 Å². The smallest absolute Gasteiger partial charge is 0.251 e. The fourth-order valence-electron chi connectivity index (χ4n) is 2.93. The number of nitrogens with zero attached hydrogens (tertiary/aromatic N) is 2. The molecule has 0 N–H and O–H groups in total. The van der Waals surface area contributed by atoms with Gasteiger partial charge in [-0.2, -0.15) is 4.99 Å². The molecule has 1 amide bonds. The van der Waals surface area contributed by atoms with Crippen molar-refractivity contribution < 1.29 is 19.0 Å². The Hall–Kier alpha value is -3.06. The van der Waals surface area contributed by atoms with Crippen molar-refractivity contribution in [2.45, 2.75) is 13.0 Å². The zero-order chi connectivity index (χ0) is 19.3. The minimum atomic E-state index is -0.224. The topological polar surface area (TPSA) is 62.1 Å². The third-order valence-corrected chi connectivity index (χ3v) is 5.25. The summed E-state index contributed by atoms with van der Waals surface area (Å²) in [6.07, 6.45) is 1.99. The van der Waals surface area contributed by atoms with Gasteiger partial charge in [-0.1, -0.05) is 35.6 Å². The van der Waals surface area contributed by atoms with Gasteiger partial charge in [-0.15, -0.1) is 6.58 Å². The summed E-state index contributed by atoms with van der Waals surface area (Å²) in [5, 5.41) is 0. The third-order valence-electron chi connectivity index (χ3n) is 4.21. The van der Waals surface area contributed by atoms with E-state index >= 15 is 0 Å². The summed E-state index contributed by atoms with van der Waals surface area (Å²) in [4.78, 5) is 17.3. The molecule has 3 aromatic rings. The number of ether oxygens (including phenoxy) is 3. The van der Waals surface area contributed by atoms with Crippen LogP contribution in [0.1, 0.15) is 6.42 Å². The predicted molar refractivity (Wildman–Crippen MR) is 108 cm³/mol. The predicted octanol–water partition coefficient (Wildman–Crippen LogP) is 3.56. The number of rotatable bonds is 6. The number of carbonyl (C=O) groups is 1. The zero-order valence-corrected chi connectivity index (χ0v) is 16.1. The second-order valence-electron chi connectivity index (χ2n) is 6.16. The molecule has 0 radical (unpaired) electrons. The summed E-state index contributed by atoms with van der Waals surface area (Å²) < 4.78 is 19.9. The quantitative estimate of drug-likeness (QED) is 0.598. The Morgan fingerprint density at radius 3 is 2.71 bits per heavy atom. The largest absolute Gasteiger partial charge is 0.493 e. The maximum Gasteiger partial charge on any atom is 0.251 e. The van der Waals surface area contributed by atoms with E-state index in [0.717, 1.165) is 21.7 Å². The summed E-state index contributed by atoms with van der Waals surface area (Å²) >= 11 is 1.45. The number of para-hydroxylation sites is 1. The Kier molecular flexibility index (Phi) is 5.43. The Morgan fingerprint density at radius 2 is 1.96 bits per heavy atom. The standard InChI is InChI=1S/C21H20N2O4S/c1-2-9-23-16-13-17-18(27-12-11-26-17)14-19(16)28-21(23)22-20(24)8-10-25-15-6-4-3-5-7-15/h2-7,13-14H,1,8-12H2. The number of amides is 1. The molecular formula is C21H20N2O4S.